The maximum atomic E-state index is 12.5. The molecule has 10 heteroatoms. The van der Waals surface area contributed by atoms with Gasteiger partial charge in [0, 0.05) is 12.8 Å². The van der Waals surface area contributed by atoms with Gasteiger partial charge < -0.3 is 9.47 Å². The predicted octanol–water partition coefficient (Wildman–Crippen LogP) is 4.65. The zero-order valence-electron chi connectivity index (χ0n) is 13.8. The summed E-state index contributed by atoms with van der Waals surface area (Å²) < 4.78 is 80.4. The van der Waals surface area contributed by atoms with E-state index in [-0.39, 0.29) is 25.7 Å². The van der Waals surface area contributed by atoms with Crippen molar-refractivity contribution in [3.8, 4) is 0 Å². The minimum Gasteiger partial charge on any atom is -0.425 e. The minimum absolute atomic E-state index is 0.177. The minimum atomic E-state index is -3.41. The number of halogens is 6. The summed E-state index contributed by atoms with van der Waals surface area (Å²) in [5.74, 6) is -2.22. The van der Waals surface area contributed by atoms with E-state index in [9.17, 15) is 35.9 Å². The van der Waals surface area contributed by atoms with Gasteiger partial charge in [-0.25, -0.2) is 17.6 Å². The lowest BCUT2D eigenvalue weighted by Gasteiger charge is -2.10. The summed E-state index contributed by atoms with van der Waals surface area (Å²) in [6.45, 7) is 3.48. The maximum absolute atomic E-state index is 12.5. The zero-order valence-corrected chi connectivity index (χ0v) is 13.8. The molecule has 0 radical (unpaired) electrons. The third-order valence-corrected chi connectivity index (χ3v) is 3.00. The maximum Gasteiger partial charge on any atom is 0.308 e. The van der Waals surface area contributed by atoms with Gasteiger partial charge in [0.05, 0.1) is 0 Å². The van der Waals surface area contributed by atoms with Crippen molar-refractivity contribution in [2.45, 2.75) is 64.1 Å². The highest BCUT2D eigenvalue weighted by Gasteiger charge is 2.24. The van der Waals surface area contributed by atoms with Crippen LogP contribution in [0.5, 0.6) is 0 Å². The molecular formula is C16H20F6O4. The van der Waals surface area contributed by atoms with Crippen LogP contribution in [0.4, 0.5) is 26.3 Å². The van der Waals surface area contributed by atoms with E-state index in [2.05, 4.69) is 16.1 Å². The summed E-state index contributed by atoms with van der Waals surface area (Å²) >= 11 is 0. The average molecular weight is 390 g/mol. The SMILES string of the molecule is C=CC=C(CCCC(=O)OC(F)C(F)F)CCCC(=O)OC(F)C(F)F. The molecule has 0 bridgehead atoms. The largest absolute Gasteiger partial charge is 0.425 e. The Hall–Kier alpha value is -2.00. The molecule has 150 valence electrons. The summed E-state index contributed by atoms with van der Waals surface area (Å²) in [6, 6.07) is 0. The van der Waals surface area contributed by atoms with Gasteiger partial charge in [-0.2, -0.15) is 8.78 Å². The van der Waals surface area contributed by atoms with E-state index in [4.69, 9.17) is 0 Å². The Labute approximate surface area is 146 Å². The molecule has 26 heavy (non-hydrogen) atoms. The normalized spacial score (nSPS) is 13.2. The van der Waals surface area contributed by atoms with Crippen molar-refractivity contribution in [1.82, 2.24) is 0 Å². The van der Waals surface area contributed by atoms with E-state index in [1.165, 1.54) is 6.08 Å². The molecule has 4 nitrogen and oxygen atoms in total. The number of rotatable bonds is 13. The summed E-state index contributed by atoms with van der Waals surface area (Å²) in [6.07, 6.45) is -9.34. The second kappa shape index (κ2) is 13.2. The number of carbonyl (C=O) groups is 2. The number of alkyl halides is 6. The van der Waals surface area contributed by atoms with Crippen molar-refractivity contribution in [1.29, 1.82) is 0 Å². The molecule has 0 aliphatic rings. The number of esters is 2. The molecule has 0 aliphatic carbocycles. The highest BCUT2D eigenvalue weighted by atomic mass is 19.3. The van der Waals surface area contributed by atoms with E-state index in [0.717, 1.165) is 5.57 Å². The van der Waals surface area contributed by atoms with Gasteiger partial charge in [0.15, 0.2) is 0 Å². The van der Waals surface area contributed by atoms with Crippen molar-refractivity contribution in [3.05, 3.63) is 24.3 Å². The van der Waals surface area contributed by atoms with Gasteiger partial charge in [0.2, 0.25) is 0 Å². The van der Waals surface area contributed by atoms with Gasteiger partial charge in [-0.1, -0.05) is 24.3 Å². The summed E-state index contributed by atoms with van der Waals surface area (Å²) in [4.78, 5) is 22.3. The smallest absolute Gasteiger partial charge is 0.308 e. The van der Waals surface area contributed by atoms with Crippen LogP contribution in [0.2, 0.25) is 0 Å². The first kappa shape index (κ1) is 24.0. The first-order valence-corrected chi connectivity index (χ1v) is 7.71. The van der Waals surface area contributed by atoms with E-state index >= 15 is 0 Å². The predicted molar refractivity (Wildman–Crippen MR) is 80.0 cm³/mol. The lowest BCUT2D eigenvalue weighted by atomic mass is 10.0. The Balaban J connectivity index is 4.15. The fraction of sp³-hybridized carbons (Fsp3) is 0.625. The van der Waals surface area contributed by atoms with Crippen LogP contribution in [0, 0.1) is 0 Å². The molecule has 0 spiro atoms. The lowest BCUT2D eigenvalue weighted by Crippen LogP contribution is -2.20. The monoisotopic (exact) mass is 390 g/mol. The summed E-state index contributed by atoms with van der Waals surface area (Å²) in [7, 11) is 0. The third-order valence-electron chi connectivity index (χ3n) is 3.00. The van der Waals surface area contributed by atoms with Crippen molar-refractivity contribution in [3.63, 3.8) is 0 Å². The molecule has 0 aromatic rings. The average Bonchev–Trinajstić information content (AvgIpc) is 2.54. The fourth-order valence-electron chi connectivity index (χ4n) is 1.85. The Morgan fingerprint density at radius 1 is 0.769 bits per heavy atom. The van der Waals surface area contributed by atoms with Crippen LogP contribution in [-0.4, -0.2) is 37.5 Å². The molecule has 0 fully saturated rings. The van der Waals surface area contributed by atoms with Crippen LogP contribution in [0.3, 0.4) is 0 Å². The van der Waals surface area contributed by atoms with E-state index in [1.807, 2.05) is 0 Å². The van der Waals surface area contributed by atoms with E-state index in [0.29, 0.717) is 12.8 Å². The highest BCUT2D eigenvalue weighted by Crippen LogP contribution is 2.17. The van der Waals surface area contributed by atoms with Crippen LogP contribution in [-0.2, 0) is 19.1 Å². The number of hydrogen-bond donors (Lipinski definition) is 0. The van der Waals surface area contributed by atoms with Gasteiger partial charge in [-0.15, -0.1) is 0 Å². The van der Waals surface area contributed by atoms with Crippen molar-refractivity contribution < 1.29 is 45.4 Å². The van der Waals surface area contributed by atoms with Crippen molar-refractivity contribution >= 4 is 11.9 Å². The molecule has 0 saturated heterocycles. The Bertz CT molecular complexity index is 445. The zero-order chi connectivity index (χ0) is 20.1. The number of allylic oxidation sites excluding steroid dienone is 3. The second-order valence-corrected chi connectivity index (χ2v) is 5.12. The van der Waals surface area contributed by atoms with Gasteiger partial charge >= 0.3 is 37.5 Å². The molecule has 2 atom stereocenters. The molecule has 0 N–H and O–H groups in total. The van der Waals surface area contributed by atoms with Crippen LogP contribution >= 0.6 is 0 Å². The first-order valence-electron chi connectivity index (χ1n) is 7.71. The Kier molecular flexibility index (Phi) is 12.2. The van der Waals surface area contributed by atoms with Gasteiger partial charge in [0.1, 0.15) is 0 Å². The molecule has 0 saturated carbocycles. The number of ether oxygens (including phenoxy) is 2. The number of hydrogen-bond acceptors (Lipinski definition) is 4. The van der Waals surface area contributed by atoms with Gasteiger partial charge in [0.25, 0.3) is 0 Å². The van der Waals surface area contributed by atoms with Crippen molar-refractivity contribution in [2.75, 3.05) is 0 Å². The lowest BCUT2D eigenvalue weighted by molar-refractivity contribution is -0.174. The molecule has 2 unspecified atom stereocenters. The van der Waals surface area contributed by atoms with Gasteiger partial charge in [-0.05, 0) is 25.7 Å². The highest BCUT2D eigenvalue weighted by molar-refractivity contribution is 5.69. The number of carbonyl (C=O) groups excluding carboxylic acids is 2. The van der Waals surface area contributed by atoms with Crippen LogP contribution in [0.1, 0.15) is 38.5 Å². The topological polar surface area (TPSA) is 52.6 Å². The second-order valence-electron chi connectivity index (χ2n) is 5.12. The Morgan fingerprint density at radius 2 is 1.15 bits per heavy atom. The van der Waals surface area contributed by atoms with E-state index in [1.54, 1.807) is 6.08 Å². The standard InChI is InChI=1S/C16H20F6O4/c1-2-5-10(6-3-8-11(23)25-15(21)13(17)18)7-4-9-12(24)26-16(22)14(19)20/h2,5,13-16H,1,3-4,6-9H2. The molecule has 0 rings (SSSR count). The van der Waals surface area contributed by atoms with E-state index < -0.39 is 37.5 Å². The summed E-state index contributed by atoms with van der Waals surface area (Å²) in [5, 5.41) is 0. The third kappa shape index (κ3) is 11.5. The van der Waals surface area contributed by atoms with Crippen LogP contribution in [0.15, 0.2) is 24.3 Å². The Morgan fingerprint density at radius 3 is 1.46 bits per heavy atom. The first-order chi connectivity index (χ1) is 12.2. The molecular weight excluding hydrogens is 370 g/mol. The van der Waals surface area contributed by atoms with Crippen LogP contribution < -0.4 is 0 Å². The quantitative estimate of drug-likeness (QED) is 0.261. The van der Waals surface area contributed by atoms with Crippen LogP contribution in [0.25, 0.3) is 0 Å². The molecule has 0 aliphatic heterocycles. The molecule has 0 aromatic heterocycles. The van der Waals surface area contributed by atoms with Crippen molar-refractivity contribution in [2.24, 2.45) is 0 Å². The molecule has 0 heterocycles. The molecule has 0 aromatic carbocycles. The summed E-state index contributed by atoms with van der Waals surface area (Å²) in [5.41, 5.74) is 0.719. The fourth-order valence-corrected chi connectivity index (χ4v) is 1.85. The van der Waals surface area contributed by atoms with Gasteiger partial charge in [-0.3, -0.25) is 9.59 Å². The molecule has 0 amide bonds.